The zero-order valence-electron chi connectivity index (χ0n) is 19.2. The van der Waals surface area contributed by atoms with Crippen LogP contribution in [0.4, 0.5) is 0 Å². The zero-order valence-corrected chi connectivity index (χ0v) is 19.9. The second kappa shape index (κ2) is 12.0. The van der Waals surface area contributed by atoms with E-state index in [9.17, 15) is 0 Å². The van der Waals surface area contributed by atoms with Crippen LogP contribution in [0.15, 0.2) is 66.7 Å². The van der Waals surface area contributed by atoms with Crippen molar-refractivity contribution in [2.75, 3.05) is 6.61 Å². The molecule has 0 aliphatic heterocycles. The highest BCUT2D eigenvalue weighted by Crippen LogP contribution is 2.28. The molecule has 31 heavy (non-hydrogen) atoms. The molecule has 0 aromatic heterocycles. The third-order valence-electron chi connectivity index (χ3n) is 6.08. The van der Waals surface area contributed by atoms with Crippen LogP contribution < -0.4 is 4.74 Å². The Bertz CT molecular complexity index is 945. The van der Waals surface area contributed by atoms with Gasteiger partial charge in [-0.1, -0.05) is 67.4 Å². The Hall–Kier alpha value is -2.25. The molecule has 0 bridgehead atoms. The van der Waals surface area contributed by atoms with Crippen LogP contribution in [0.2, 0.25) is 5.02 Å². The molecule has 0 aliphatic carbocycles. The maximum Gasteiger partial charge on any atom is 0.119 e. The van der Waals surface area contributed by atoms with Gasteiger partial charge in [-0.3, -0.25) is 0 Å². The molecule has 0 radical (unpaired) electrons. The molecule has 0 amide bonds. The predicted molar refractivity (Wildman–Crippen MR) is 134 cm³/mol. The van der Waals surface area contributed by atoms with Gasteiger partial charge in [0.1, 0.15) is 5.75 Å². The van der Waals surface area contributed by atoms with Crippen molar-refractivity contribution in [1.82, 2.24) is 0 Å². The van der Waals surface area contributed by atoms with Crippen molar-refractivity contribution in [3.8, 4) is 5.75 Å². The summed E-state index contributed by atoms with van der Waals surface area (Å²) in [5, 5.41) is 0.807. The largest absolute Gasteiger partial charge is 0.494 e. The van der Waals surface area contributed by atoms with Gasteiger partial charge >= 0.3 is 0 Å². The summed E-state index contributed by atoms with van der Waals surface area (Å²) in [5.74, 6) is 1.40. The summed E-state index contributed by atoms with van der Waals surface area (Å²) in [6.07, 6.45) is 6.73. The van der Waals surface area contributed by atoms with Crippen molar-refractivity contribution < 1.29 is 4.74 Å². The number of ether oxygens (including phenoxy) is 1. The minimum Gasteiger partial charge on any atom is -0.494 e. The number of hydrogen-bond acceptors (Lipinski definition) is 1. The molecule has 3 aromatic rings. The highest BCUT2D eigenvalue weighted by molar-refractivity contribution is 6.30. The van der Waals surface area contributed by atoms with Crippen LogP contribution in [0.25, 0.3) is 0 Å². The lowest BCUT2D eigenvalue weighted by Crippen LogP contribution is -2.07. The standard InChI is InChI=1S/C29H35ClO/c1-4-5-8-24-14-16-29(17-15-24)31-18-7-10-26(27-9-6-11-28(30)21-27)20-25-13-12-22(2)23(3)19-25/h6,9,11-17,19,21,26H,4-5,7-8,10,18,20H2,1-3H3. The Kier molecular flexibility index (Phi) is 9.03. The molecular weight excluding hydrogens is 400 g/mol. The number of unbranched alkanes of at least 4 members (excludes halogenated alkanes) is 1. The molecule has 1 unspecified atom stereocenters. The number of hydrogen-bond donors (Lipinski definition) is 0. The van der Waals surface area contributed by atoms with Crippen molar-refractivity contribution in [1.29, 1.82) is 0 Å². The lowest BCUT2D eigenvalue weighted by atomic mass is 9.87. The molecule has 0 aliphatic rings. The molecule has 2 heteroatoms. The monoisotopic (exact) mass is 434 g/mol. The van der Waals surface area contributed by atoms with Crippen LogP contribution >= 0.6 is 11.6 Å². The second-order valence-corrected chi connectivity index (χ2v) is 9.05. The van der Waals surface area contributed by atoms with E-state index in [0.29, 0.717) is 5.92 Å². The fourth-order valence-corrected chi connectivity index (χ4v) is 4.21. The Morgan fingerprint density at radius 2 is 1.61 bits per heavy atom. The first-order chi connectivity index (χ1) is 15.0. The van der Waals surface area contributed by atoms with Gasteiger partial charge in [-0.05, 0) is 104 Å². The minimum absolute atomic E-state index is 0.431. The van der Waals surface area contributed by atoms with Gasteiger partial charge in [0.05, 0.1) is 6.61 Å². The van der Waals surface area contributed by atoms with Crippen LogP contribution in [0.3, 0.4) is 0 Å². The summed E-state index contributed by atoms with van der Waals surface area (Å²) in [7, 11) is 0. The topological polar surface area (TPSA) is 9.23 Å². The zero-order chi connectivity index (χ0) is 22.1. The summed E-state index contributed by atoms with van der Waals surface area (Å²) >= 11 is 6.30. The number of aryl methyl sites for hydroxylation is 3. The van der Waals surface area contributed by atoms with Gasteiger partial charge in [0.2, 0.25) is 0 Å². The first-order valence-corrected chi connectivity index (χ1v) is 12.0. The second-order valence-electron chi connectivity index (χ2n) is 8.61. The maximum absolute atomic E-state index is 6.30. The first-order valence-electron chi connectivity index (χ1n) is 11.6. The van der Waals surface area contributed by atoms with Gasteiger partial charge in [0, 0.05) is 5.02 Å². The summed E-state index contributed by atoms with van der Waals surface area (Å²) < 4.78 is 6.03. The number of rotatable bonds is 11. The fraction of sp³-hybridized carbons (Fsp3) is 0.379. The minimum atomic E-state index is 0.431. The Balaban J connectivity index is 1.59. The molecular formula is C29H35ClO. The Labute approximate surface area is 193 Å². The van der Waals surface area contributed by atoms with Gasteiger partial charge in [0.25, 0.3) is 0 Å². The first kappa shape index (κ1) is 23.4. The summed E-state index contributed by atoms with van der Waals surface area (Å²) in [5.41, 5.74) is 6.79. The van der Waals surface area contributed by atoms with E-state index in [2.05, 4.69) is 81.4 Å². The van der Waals surface area contributed by atoms with E-state index in [4.69, 9.17) is 16.3 Å². The van der Waals surface area contributed by atoms with Crippen LogP contribution in [0.1, 0.15) is 66.3 Å². The van der Waals surface area contributed by atoms with Gasteiger partial charge in [0.15, 0.2) is 0 Å². The Morgan fingerprint density at radius 1 is 0.839 bits per heavy atom. The van der Waals surface area contributed by atoms with E-state index in [1.165, 1.54) is 40.7 Å². The number of benzene rings is 3. The molecule has 0 fully saturated rings. The highest BCUT2D eigenvalue weighted by atomic mass is 35.5. The van der Waals surface area contributed by atoms with E-state index in [1.807, 2.05) is 6.07 Å². The van der Waals surface area contributed by atoms with E-state index >= 15 is 0 Å². The third kappa shape index (κ3) is 7.43. The van der Waals surface area contributed by atoms with E-state index in [1.54, 1.807) is 0 Å². The van der Waals surface area contributed by atoms with Crippen molar-refractivity contribution >= 4 is 11.6 Å². The highest BCUT2D eigenvalue weighted by Gasteiger charge is 2.14. The quantitative estimate of drug-likeness (QED) is 0.275. The van der Waals surface area contributed by atoms with Crippen LogP contribution in [0, 0.1) is 13.8 Å². The van der Waals surface area contributed by atoms with E-state index < -0.39 is 0 Å². The molecule has 3 rings (SSSR count). The summed E-state index contributed by atoms with van der Waals surface area (Å²) in [4.78, 5) is 0. The smallest absolute Gasteiger partial charge is 0.119 e. The van der Waals surface area contributed by atoms with Crippen molar-refractivity contribution in [3.63, 3.8) is 0 Å². The van der Waals surface area contributed by atoms with Crippen molar-refractivity contribution in [2.24, 2.45) is 0 Å². The van der Waals surface area contributed by atoms with Crippen LogP contribution in [-0.2, 0) is 12.8 Å². The van der Waals surface area contributed by atoms with Gasteiger partial charge in [-0.15, -0.1) is 0 Å². The molecule has 1 atom stereocenters. The maximum atomic E-state index is 6.30. The molecule has 0 saturated carbocycles. The molecule has 3 aromatic carbocycles. The van der Waals surface area contributed by atoms with E-state index in [0.717, 1.165) is 43.1 Å². The van der Waals surface area contributed by atoms with E-state index in [-0.39, 0.29) is 0 Å². The lowest BCUT2D eigenvalue weighted by Gasteiger charge is -2.19. The third-order valence-corrected chi connectivity index (χ3v) is 6.32. The summed E-state index contributed by atoms with van der Waals surface area (Å²) in [6.45, 7) is 7.32. The normalized spacial score (nSPS) is 12.0. The van der Waals surface area contributed by atoms with Gasteiger partial charge < -0.3 is 4.74 Å². The van der Waals surface area contributed by atoms with Crippen molar-refractivity contribution in [3.05, 3.63) is 99.6 Å². The molecule has 164 valence electrons. The SMILES string of the molecule is CCCCc1ccc(OCCCC(Cc2ccc(C)c(C)c2)c2cccc(Cl)c2)cc1. The lowest BCUT2D eigenvalue weighted by molar-refractivity contribution is 0.301. The average Bonchev–Trinajstić information content (AvgIpc) is 2.77. The average molecular weight is 435 g/mol. The van der Waals surface area contributed by atoms with Crippen LogP contribution in [-0.4, -0.2) is 6.61 Å². The fourth-order valence-electron chi connectivity index (χ4n) is 4.02. The molecule has 0 spiro atoms. The Morgan fingerprint density at radius 3 is 2.32 bits per heavy atom. The summed E-state index contributed by atoms with van der Waals surface area (Å²) in [6, 6.07) is 23.7. The van der Waals surface area contributed by atoms with Crippen LogP contribution in [0.5, 0.6) is 5.75 Å². The van der Waals surface area contributed by atoms with Crippen molar-refractivity contribution in [2.45, 2.75) is 65.2 Å². The molecule has 0 saturated heterocycles. The predicted octanol–water partition coefficient (Wildman–Crippen LogP) is 8.48. The molecule has 0 N–H and O–H groups in total. The van der Waals surface area contributed by atoms with Gasteiger partial charge in [-0.25, -0.2) is 0 Å². The van der Waals surface area contributed by atoms with Gasteiger partial charge in [-0.2, -0.15) is 0 Å². The number of halogens is 1. The molecule has 1 nitrogen and oxygen atoms in total. The molecule has 0 heterocycles.